The van der Waals surface area contributed by atoms with Crippen LogP contribution in [-0.4, -0.2) is 59.6 Å². The molecule has 0 aromatic heterocycles. The maximum Gasteiger partial charge on any atom is 0.114 e. The third kappa shape index (κ3) is 13.1. The predicted octanol–water partition coefficient (Wildman–Crippen LogP) is 4.91. The summed E-state index contributed by atoms with van der Waals surface area (Å²) in [7, 11) is 0. The van der Waals surface area contributed by atoms with Crippen LogP contribution in [-0.2, 0) is 9.47 Å². The molecule has 3 N–H and O–H groups in total. The first kappa shape index (κ1) is 27.6. The fourth-order valence-electron chi connectivity index (χ4n) is 4.01. The molecule has 0 radical (unpaired) electrons. The van der Waals surface area contributed by atoms with Crippen LogP contribution in [0.1, 0.15) is 103 Å². The highest BCUT2D eigenvalue weighted by Gasteiger charge is 2.40. The van der Waals surface area contributed by atoms with E-state index in [0.29, 0.717) is 6.61 Å². The highest BCUT2D eigenvalue weighted by Crippen LogP contribution is 2.20. The fourth-order valence-corrected chi connectivity index (χ4v) is 4.01. The molecule has 0 bridgehead atoms. The summed E-state index contributed by atoms with van der Waals surface area (Å²) in [5, 5.41) is 28.6. The molecule has 0 aliphatic carbocycles. The first-order chi connectivity index (χ1) is 14.7. The van der Waals surface area contributed by atoms with Crippen LogP contribution >= 0.6 is 0 Å². The van der Waals surface area contributed by atoms with E-state index in [4.69, 9.17) is 14.6 Å². The molecule has 0 spiro atoms. The van der Waals surface area contributed by atoms with Gasteiger partial charge in [0.1, 0.15) is 24.4 Å². The largest absolute Gasteiger partial charge is 0.394 e. The van der Waals surface area contributed by atoms with Crippen LogP contribution in [0.3, 0.4) is 0 Å². The maximum absolute atomic E-state index is 10.1. The number of aliphatic hydroxyl groups is 3. The van der Waals surface area contributed by atoms with E-state index >= 15 is 0 Å². The highest BCUT2D eigenvalue weighted by molar-refractivity contribution is 4.89. The first-order valence-corrected chi connectivity index (χ1v) is 12.6. The Hall–Kier alpha value is -0.460. The molecule has 0 unspecified atom stereocenters. The van der Waals surface area contributed by atoms with Gasteiger partial charge in [-0.3, -0.25) is 0 Å². The zero-order valence-corrected chi connectivity index (χ0v) is 19.4. The van der Waals surface area contributed by atoms with Crippen molar-refractivity contribution < 1.29 is 24.8 Å². The lowest BCUT2D eigenvalue weighted by Gasteiger charge is -2.20. The Morgan fingerprint density at radius 2 is 1.40 bits per heavy atom. The zero-order valence-electron chi connectivity index (χ0n) is 19.4. The van der Waals surface area contributed by atoms with E-state index in [9.17, 15) is 10.2 Å². The molecule has 0 aromatic carbocycles. The molecule has 1 aliphatic rings. The topological polar surface area (TPSA) is 79.2 Å². The Kier molecular flexibility index (Phi) is 17.7. The molecule has 1 fully saturated rings. The van der Waals surface area contributed by atoms with Crippen LogP contribution in [0.4, 0.5) is 0 Å². The average molecular weight is 429 g/mol. The molecular formula is C25H48O5. The second-order valence-corrected chi connectivity index (χ2v) is 8.74. The van der Waals surface area contributed by atoms with Crippen LogP contribution in [0, 0.1) is 0 Å². The van der Waals surface area contributed by atoms with Crippen molar-refractivity contribution >= 4 is 0 Å². The minimum absolute atomic E-state index is 0.256. The molecule has 0 amide bonds. The van der Waals surface area contributed by atoms with Gasteiger partial charge in [0, 0.05) is 0 Å². The van der Waals surface area contributed by atoms with Gasteiger partial charge in [-0.15, -0.1) is 0 Å². The second kappa shape index (κ2) is 19.2. The summed E-state index contributed by atoms with van der Waals surface area (Å²) < 4.78 is 11.0. The van der Waals surface area contributed by atoms with Gasteiger partial charge in [-0.1, -0.05) is 96.1 Å². The molecule has 30 heavy (non-hydrogen) atoms. The summed E-state index contributed by atoms with van der Waals surface area (Å²) in [6.07, 6.45) is 21.2. The van der Waals surface area contributed by atoms with E-state index in [1.54, 1.807) is 0 Å². The van der Waals surface area contributed by atoms with Crippen molar-refractivity contribution in [3.8, 4) is 0 Å². The van der Waals surface area contributed by atoms with Gasteiger partial charge in [0.2, 0.25) is 0 Å². The van der Waals surface area contributed by atoms with Crippen LogP contribution < -0.4 is 0 Å². The Labute approximate surface area is 184 Å². The minimum Gasteiger partial charge on any atom is -0.394 e. The average Bonchev–Trinajstić information content (AvgIpc) is 3.12. The van der Waals surface area contributed by atoms with Crippen LogP contribution in [0.5, 0.6) is 0 Å². The third-order valence-corrected chi connectivity index (χ3v) is 5.99. The van der Waals surface area contributed by atoms with Gasteiger partial charge in [0.15, 0.2) is 0 Å². The summed E-state index contributed by atoms with van der Waals surface area (Å²) in [6.45, 7) is 2.64. The van der Waals surface area contributed by atoms with E-state index in [0.717, 1.165) is 12.8 Å². The Balaban J connectivity index is 1.83. The monoisotopic (exact) mass is 428 g/mol. The number of aliphatic hydroxyl groups excluding tert-OH is 3. The molecule has 1 aliphatic heterocycles. The standard InChI is InChI=1S/C25H48O5/c1-2-3-4-5-6-7-8-9-10-11-12-13-14-15-16-17-18-19-29-23-21-30-25(24(23)28)22(27)20-26/h16-17,22-28H,2-15,18-21H2,1H3/b17-16+/t22-,23+,24+,25+/m1/s1. The van der Waals surface area contributed by atoms with E-state index < -0.39 is 31.0 Å². The number of unbranched alkanes of at least 4 members (excludes halogenated alkanes) is 13. The summed E-state index contributed by atoms with van der Waals surface area (Å²) in [5.41, 5.74) is 0. The fraction of sp³-hybridized carbons (Fsp3) is 0.920. The lowest BCUT2D eigenvalue weighted by Crippen LogP contribution is -2.41. The summed E-state index contributed by atoms with van der Waals surface area (Å²) in [4.78, 5) is 0. The molecule has 1 rings (SSSR count). The molecule has 0 aromatic rings. The molecule has 0 saturated carbocycles. The first-order valence-electron chi connectivity index (χ1n) is 12.6. The molecular weight excluding hydrogens is 380 g/mol. The van der Waals surface area contributed by atoms with Gasteiger partial charge < -0.3 is 24.8 Å². The Morgan fingerprint density at radius 3 is 1.97 bits per heavy atom. The second-order valence-electron chi connectivity index (χ2n) is 8.74. The number of ether oxygens (including phenoxy) is 2. The maximum atomic E-state index is 10.1. The Bertz CT molecular complexity index is 401. The van der Waals surface area contributed by atoms with E-state index in [1.165, 1.54) is 83.5 Å². The minimum atomic E-state index is -1.06. The van der Waals surface area contributed by atoms with E-state index in [-0.39, 0.29) is 6.61 Å². The van der Waals surface area contributed by atoms with Crippen molar-refractivity contribution in [2.45, 2.75) is 128 Å². The number of hydrogen-bond acceptors (Lipinski definition) is 5. The van der Waals surface area contributed by atoms with Crippen LogP contribution in [0.2, 0.25) is 0 Å². The molecule has 1 heterocycles. The SMILES string of the molecule is CCCCCCCCCCCCCCC/C=C/CCO[C@H]1CO[C@@H]([C@H](O)CO)[C@H]1O. The quantitative estimate of drug-likeness (QED) is 0.190. The van der Waals surface area contributed by atoms with Gasteiger partial charge in [-0.25, -0.2) is 0 Å². The van der Waals surface area contributed by atoms with Crippen molar-refractivity contribution in [3.63, 3.8) is 0 Å². The van der Waals surface area contributed by atoms with E-state index in [2.05, 4.69) is 19.1 Å². The molecule has 178 valence electrons. The van der Waals surface area contributed by atoms with Crippen molar-refractivity contribution in [3.05, 3.63) is 12.2 Å². The van der Waals surface area contributed by atoms with E-state index in [1.807, 2.05) is 0 Å². The summed E-state index contributed by atoms with van der Waals surface area (Å²) in [6, 6.07) is 0. The van der Waals surface area contributed by atoms with Gasteiger partial charge >= 0.3 is 0 Å². The highest BCUT2D eigenvalue weighted by atomic mass is 16.6. The van der Waals surface area contributed by atoms with Crippen molar-refractivity contribution in [1.82, 2.24) is 0 Å². The zero-order chi connectivity index (χ0) is 21.9. The van der Waals surface area contributed by atoms with Crippen LogP contribution in [0.15, 0.2) is 12.2 Å². The predicted molar refractivity (Wildman–Crippen MR) is 123 cm³/mol. The molecule has 5 heteroatoms. The van der Waals surface area contributed by atoms with Gasteiger partial charge in [-0.2, -0.15) is 0 Å². The van der Waals surface area contributed by atoms with Crippen molar-refractivity contribution in [2.75, 3.05) is 19.8 Å². The third-order valence-electron chi connectivity index (χ3n) is 5.99. The number of hydrogen-bond donors (Lipinski definition) is 3. The molecule has 5 nitrogen and oxygen atoms in total. The summed E-state index contributed by atoms with van der Waals surface area (Å²) in [5.74, 6) is 0. The lowest BCUT2D eigenvalue weighted by atomic mass is 10.0. The lowest BCUT2D eigenvalue weighted by molar-refractivity contribution is -0.0726. The smallest absolute Gasteiger partial charge is 0.114 e. The van der Waals surface area contributed by atoms with Crippen molar-refractivity contribution in [1.29, 1.82) is 0 Å². The Morgan fingerprint density at radius 1 is 0.867 bits per heavy atom. The van der Waals surface area contributed by atoms with Gasteiger partial charge in [-0.05, 0) is 19.3 Å². The van der Waals surface area contributed by atoms with Gasteiger partial charge in [0.05, 0.1) is 19.8 Å². The normalized spacial score (nSPS) is 22.9. The number of rotatable bonds is 20. The van der Waals surface area contributed by atoms with Crippen molar-refractivity contribution in [2.24, 2.45) is 0 Å². The van der Waals surface area contributed by atoms with Gasteiger partial charge in [0.25, 0.3) is 0 Å². The van der Waals surface area contributed by atoms with Crippen LogP contribution in [0.25, 0.3) is 0 Å². The molecule has 1 saturated heterocycles. The summed E-state index contributed by atoms with van der Waals surface area (Å²) >= 11 is 0. The molecule has 4 atom stereocenters. The number of allylic oxidation sites excluding steroid dienone is 1.